The minimum atomic E-state index is -1.12. The van der Waals surface area contributed by atoms with Crippen LogP contribution in [0.15, 0.2) is 66.9 Å². The first-order chi connectivity index (χ1) is 24.4. The van der Waals surface area contributed by atoms with Gasteiger partial charge in [-0.1, -0.05) is 49.4 Å². The van der Waals surface area contributed by atoms with Gasteiger partial charge in [0, 0.05) is 28.8 Å². The highest BCUT2D eigenvalue weighted by molar-refractivity contribution is 7.75. The molecule has 4 fully saturated rings. The highest BCUT2D eigenvalue weighted by atomic mass is 32.1. The van der Waals surface area contributed by atoms with Crippen LogP contribution in [0.5, 0.6) is 0 Å². The quantitative estimate of drug-likeness (QED) is 0.0912. The molecule has 4 bridgehead atoms. The Morgan fingerprint density at radius 2 is 1.76 bits per heavy atom. The fourth-order valence-electron chi connectivity index (χ4n) is 10.8. The number of fused-ring (bicyclic) bond motifs is 2. The second kappa shape index (κ2) is 11.2. The Balaban J connectivity index is 1.01. The van der Waals surface area contributed by atoms with Crippen LogP contribution in [0.3, 0.4) is 0 Å². The lowest BCUT2D eigenvalue weighted by atomic mass is 9.39. The lowest BCUT2D eigenvalue weighted by molar-refractivity contribution is -0.213. The minimum absolute atomic E-state index is 0.0343. The normalized spacial score (nSPS) is 26.7. The number of aromatic carboxylic acids is 1. The number of carboxylic acids is 1. The van der Waals surface area contributed by atoms with Crippen LogP contribution in [0, 0.1) is 23.2 Å². The molecule has 0 spiro atoms. The highest BCUT2D eigenvalue weighted by Gasteiger charge is 2.66. The summed E-state index contributed by atoms with van der Waals surface area (Å²) in [6.45, 7) is 7.56. The average molecular weight is 719 g/mol. The molecule has 4 aliphatic rings. The number of H-pyrrole nitrogens is 1. The number of nitrogens with zero attached hydrogens (tertiary/aromatic N) is 4. The predicted molar refractivity (Wildman–Crippen MR) is 201 cm³/mol. The number of carboxylic acid groups (broad SMARTS) is 1. The van der Waals surface area contributed by atoms with E-state index in [1.807, 2.05) is 61.5 Å². The summed E-state index contributed by atoms with van der Waals surface area (Å²) < 4.78 is 9.02. The molecule has 0 radical (unpaired) electrons. The van der Waals surface area contributed by atoms with E-state index in [0.717, 1.165) is 65.5 Å². The van der Waals surface area contributed by atoms with Gasteiger partial charge in [0.15, 0.2) is 10.8 Å². The van der Waals surface area contributed by atoms with Gasteiger partial charge in [0.2, 0.25) is 0 Å². The second-order valence-corrected chi connectivity index (χ2v) is 17.3. The van der Waals surface area contributed by atoms with E-state index in [9.17, 15) is 14.7 Å². The number of hydrogen-bond acceptors (Lipinski definition) is 8. The van der Waals surface area contributed by atoms with E-state index in [2.05, 4.69) is 51.7 Å². The van der Waals surface area contributed by atoms with Crippen molar-refractivity contribution in [3.63, 3.8) is 0 Å². The molecule has 4 saturated carbocycles. The standard InChI is InChI=1S/C39H38N6O4S2/c1-22-26(14-40-45(22)21-38-16-36(2)15-37(3,17-38)19-39(18-36,20-38)49-50)24-11-12-27(41-32(24)34(47)48)29-13-23-7-6-8-25(31(23)42-29)33(46)44-35-43-28-9-4-5-10-30(28)51-35/h4-14,42,50H,15-21H2,1-3H3,(H,47,48)(H,43,44,46). The molecule has 10 nitrogen and oxygen atoms in total. The number of amides is 1. The molecule has 2 atom stereocenters. The zero-order valence-electron chi connectivity index (χ0n) is 28.6. The number of benzene rings is 2. The summed E-state index contributed by atoms with van der Waals surface area (Å²) in [7, 11) is 0. The lowest BCUT2D eigenvalue weighted by Gasteiger charge is -2.68. The van der Waals surface area contributed by atoms with Gasteiger partial charge >= 0.3 is 5.97 Å². The Labute approximate surface area is 304 Å². The molecule has 51 heavy (non-hydrogen) atoms. The summed E-state index contributed by atoms with van der Waals surface area (Å²) in [6.07, 6.45) is 8.25. The Kier molecular flexibility index (Phi) is 7.14. The number of para-hydroxylation sites is 2. The number of carbonyl (C=O) groups excluding carboxylic acids is 1. The number of carbonyl (C=O) groups is 2. The van der Waals surface area contributed by atoms with Gasteiger partial charge in [-0.3, -0.25) is 14.8 Å². The van der Waals surface area contributed by atoms with Crippen LogP contribution in [-0.2, 0) is 10.7 Å². The van der Waals surface area contributed by atoms with Crippen LogP contribution in [0.2, 0.25) is 0 Å². The second-order valence-electron chi connectivity index (χ2n) is 16.0. The van der Waals surface area contributed by atoms with E-state index >= 15 is 0 Å². The topological polar surface area (TPSA) is 135 Å². The third-order valence-corrected chi connectivity index (χ3v) is 12.9. The monoisotopic (exact) mass is 718 g/mol. The van der Waals surface area contributed by atoms with Crippen molar-refractivity contribution >= 4 is 62.4 Å². The summed E-state index contributed by atoms with van der Waals surface area (Å²) in [5, 5.41) is 19.5. The minimum Gasteiger partial charge on any atom is -0.476 e. The molecule has 2 unspecified atom stereocenters. The van der Waals surface area contributed by atoms with Gasteiger partial charge in [-0.25, -0.2) is 14.8 Å². The number of anilines is 1. The van der Waals surface area contributed by atoms with Gasteiger partial charge < -0.3 is 14.3 Å². The largest absolute Gasteiger partial charge is 0.476 e. The molecule has 4 aromatic heterocycles. The average Bonchev–Trinajstić information content (AvgIpc) is 3.79. The molecule has 260 valence electrons. The van der Waals surface area contributed by atoms with Crippen LogP contribution in [0.1, 0.15) is 78.9 Å². The molecule has 0 saturated heterocycles. The van der Waals surface area contributed by atoms with E-state index in [4.69, 9.17) is 9.28 Å². The number of hydrogen-bond donors (Lipinski definition) is 4. The highest BCUT2D eigenvalue weighted by Crippen LogP contribution is 2.72. The SMILES string of the molecule is Cc1c(-c2ccc(-c3cc4cccc(C(=O)Nc5nc6ccccc6s5)c4[nH]3)nc2C(=O)O)cnn1CC12CC3(C)CC(C)(C1)CC(OS)(C3)C2. The van der Waals surface area contributed by atoms with Crippen LogP contribution < -0.4 is 5.32 Å². The van der Waals surface area contributed by atoms with Gasteiger partial charge in [0.25, 0.3) is 5.91 Å². The van der Waals surface area contributed by atoms with Crippen molar-refractivity contribution in [2.24, 2.45) is 16.2 Å². The maximum atomic E-state index is 13.4. The summed E-state index contributed by atoms with van der Waals surface area (Å²) in [4.78, 5) is 38.6. The maximum absolute atomic E-state index is 13.4. The molecule has 3 N–H and O–H groups in total. The summed E-state index contributed by atoms with van der Waals surface area (Å²) in [5.74, 6) is -1.42. The van der Waals surface area contributed by atoms with Crippen LogP contribution in [-0.4, -0.2) is 47.3 Å². The van der Waals surface area contributed by atoms with Crippen molar-refractivity contribution in [3.05, 3.63) is 83.8 Å². The molecule has 1 amide bonds. The lowest BCUT2D eigenvalue weighted by Crippen LogP contribution is -2.63. The number of aromatic amines is 1. The van der Waals surface area contributed by atoms with Crippen molar-refractivity contribution in [2.75, 3.05) is 5.32 Å². The first-order valence-corrected chi connectivity index (χ1v) is 18.4. The van der Waals surface area contributed by atoms with Crippen molar-refractivity contribution in [2.45, 2.75) is 71.4 Å². The van der Waals surface area contributed by atoms with Crippen molar-refractivity contribution in [3.8, 4) is 22.5 Å². The molecule has 2 aromatic carbocycles. The Hall–Kier alpha value is -4.52. The van der Waals surface area contributed by atoms with E-state index in [-0.39, 0.29) is 33.4 Å². The number of pyridine rings is 1. The fourth-order valence-corrected chi connectivity index (χ4v) is 11.9. The number of thiazole rings is 1. The number of nitrogens with one attached hydrogen (secondary N) is 2. The Morgan fingerprint density at radius 3 is 2.51 bits per heavy atom. The summed E-state index contributed by atoms with van der Waals surface area (Å²) in [5.41, 5.74) is 5.32. The van der Waals surface area contributed by atoms with Gasteiger partial charge in [-0.15, -0.1) is 0 Å². The molecule has 6 aromatic rings. The van der Waals surface area contributed by atoms with Gasteiger partial charge in [0.05, 0.1) is 44.5 Å². The van der Waals surface area contributed by atoms with E-state index in [1.165, 1.54) is 17.8 Å². The maximum Gasteiger partial charge on any atom is 0.355 e. The van der Waals surface area contributed by atoms with Gasteiger partial charge in [0.1, 0.15) is 0 Å². The predicted octanol–water partition coefficient (Wildman–Crippen LogP) is 8.94. The molecular formula is C39H38N6O4S2. The molecule has 4 aliphatic carbocycles. The number of thiol groups is 1. The zero-order chi connectivity index (χ0) is 35.3. The van der Waals surface area contributed by atoms with Crippen LogP contribution in [0.4, 0.5) is 5.13 Å². The zero-order valence-corrected chi connectivity index (χ0v) is 30.3. The first kappa shape index (κ1) is 32.4. The van der Waals surface area contributed by atoms with Crippen molar-refractivity contribution in [1.29, 1.82) is 0 Å². The van der Waals surface area contributed by atoms with E-state index < -0.39 is 5.97 Å². The van der Waals surface area contributed by atoms with Gasteiger partial charge in [-0.05, 0) is 111 Å². The molecule has 12 heteroatoms. The Bertz CT molecular complexity index is 2360. The summed E-state index contributed by atoms with van der Waals surface area (Å²) in [6, 6.07) is 18.7. The fraction of sp³-hybridized carbons (Fsp3) is 0.359. The molecule has 4 heterocycles. The number of aromatic nitrogens is 5. The molecule has 0 aliphatic heterocycles. The molecular weight excluding hydrogens is 681 g/mol. The van der Waals surface area contributed by atoms with Crippen LogP contribution in [0.25, 0.3) is 43.6 Å². The van der Waals surface area contributed by atoms with E-state index in [1.54, 1.807) is 12.3 Å². The van der Waals surface area contributed by atoms with Gasteiger partial charge in [-0.2, -0.15) is 5.10 Å². The number of rotatable bonds is 8. The Morgan fingerprint density at radius 1 is 0.980 bits per heavy atom. The summed E-state index contributed by atoms with van der Waals surface area (Å²) >= 11 is 5.80. The smallest absolute Gasteiger partial charge is 0.355 e. The third kappa shape index (κ3) is 5.37. The van der Waals surface area contributed by atoms with E-state index in [0.29, 0.717) is 33.2 Å². The molecule has 10 rings (SSSR count). The van der Waals surface area contributed by atoms with Crippen LogP contribution >= 0.6 is 24.2 Å². The first-order valence-electron chi connectivity index (χ1n) is 17.3. The third-order valence-electron chi connectivity index (χ3n) is 11.5. The van der Waals surface area contributed by atoms with Crippen molar-refractivity contribution in [1.82, 2.24) is 24.7 Å². The van der Waals surface area contributed by atoms with Crippen molar-refractivity contribution < 1.29 is 18.9 Å².